The first-order chi connectivity index (χ1) is 9.74. The molecular weight excluding hydrogens is 252 g/mol. The van der Waals surface area contributed by atoms with E-state index in [1.807, 2.05) is 24.3 Å². The molecule has 0 spiro atoms. The SMILES string of the molecule is Nc1ccnc(C(=O)Nc2cccc3cccnc23)c1. The van der Waals surface area contributed by atoms with E-state index in [-0.39, 0.29) is 11.6 Å². The van der Waals surface area contributed by atoms with Crippen LogP contribution >= 0.6 is 0 Å². The highest BCUT2D eigenvalue weighted by Gasteiger charge is 2.10. The van der Waals surface area contributed by atoms with Crippen LogP contribution in [0, 0.1) is 0 Å². The van der Waals surface area contributed by atoms with Gasteiger partial charge in [-0.1, -0.05) is 18.2 Å². The monoisotopic (exact) mass is 264 g/mol. The normalized spacial score (nSPS) is 10.4. The third kappa shape index (κ3) is 2.29. The van der Waals surface area contributed by atoms with Crippen LogP contribution in [0.15, 0.2) is 54.9 Å². The van der Waals surface area contributed by atoms with Crippen molar-refractivity contribution in [3.05, 3.63) is 60.6 Å². The molecule has 0 atom stereocenters. The average molecular weight is 264 g/mol. The molecule has 0 fully saturated rings. The Labute approximate surface area is 115 Å². The molecule has 0 saturated heterocycles. The van der Waals surface area contributed by atoms with Crippen molar-refractivity contribution in [2.75, 3.05) is 11.1 Å². The number of aromatic nitrogens is 2. The van der Waals surface area contributed by atoms with Crippen molar-refractivity contribution < 1.29 is 4.79 Å². The molecule has 2 aromatic heterocycles. The fourth-order valence-electron chi connectivity index (χ4n) is 1.96. The van der Waals surface area contributed by atoms with E-state index >= 15 is 0 Å². The molecule has 1 aromatic carbocycles. The molecular formula is C15H12N4O. The molecule has 0 unspecified atom stereocenters. The minimum atomic E-state index is -0.310. The molecule has 0 aliphatic heterocycles. The van der Waals surface area contributed by atoms with Crippen LogP contribution in [0.4, 0.5) is 11.4 Å². The minimum absolute atomic E-state index is 0.276. The average Bonchev–Trinajstić information content (AvgIpc) is 2.47. The van der Waals surface area contributed by atoms with Gasteiger partial charge in [0.1, 0.15) is 5.69 Å². The van der Waals surface area contributed by atoms with Crippen LogP contribution in [-0.4, -0.2) is 15.9 Å². The van der Waals surface area contributed by atoms with Gasteiger partial charge >= 0.3 is 0 Å². The summed E-state index contributed by atoms with van der Waals surface area (Å²) in [5.74, 6) is -0.310. The van der Waals surface area contributed by atoms with Crippen LogP contribution in [0.1, 0.15) is 10.5 Å². The second-order valence-corrected chi connectivity index (χ2v) is 4.31. The molecule has 0 aliphatic carbocycles. The quantitative estimate of drug-likeness (QED) is 0.745. The summed E-state index contributed by atoms with van der Waals surface area (Å²) in [5.41, 5.74) is 7.82. The number of amides is 1. The van der Waals surface area contributed by atoms with Crippen molar-refractivity contribution in [3.8, 4) is 0 Å². The zero-order valence-electron chi connectivity index (χ0n) is 10.6. The number of carbonyl (C=O) groups is 1. The van der Waals surface area contributed by atoms with Gasteiger partial charge in [0.25, 0.3) is 5.91 Å². The molecule has 5 heteroatoms. The number of anilines is 2. The van der Waals surface area contributed by atoms with Crippen LogP contribution in [0.3, 0.4) is 0 Å². The van der Waals surface area contributed by atoms with Crippen LogP contribution < -0.4 is 11.1 Å². The Morgan fingerprint density at radius 1 is 1.05 bits per heavy atom. The van der Waals surface area contributed by atoms with E-state index in [1.165, 1.54) is 12.3 Å². The number of carbonyl (C=O) groups excluding carboxylic acids is 1. The summed E-state index contributed by atoms with van der Waals surface area (Å²) in [6.07, 6.45) is 3.20. The highest BCUT2D eigenvalue weighted by molar-refractivity contribution is 6.07. The van der Waals surface area contributed by atoms with Gasteiger partial charge in [0.2, 0.25) is 0 Å². The third-order valence-corrected chi connectivity index (χ3v) is 2.90. The molecule has 20 heavy (non-hydrogen) atoms. The first kappa shape index (κ1) is 12.1. The van der Waals surface area contributed by atoms with Crippen LogP contribution in [0.5, 0.6) is 0 Å². The molecule has 3 aromatic rings. The number of pyridine rings is 2. The van der Waals surface area contributed by atoms with Gasteiger partial charge in [-0.25, -0.2) is 0 Å². The molecule has 0 radical (unpaired) electrons. The zero-order valence-corrected chi connectivity index (χ0v) is 10.6. The van der Waals surface area contributed by atoms with E-state index in [0.717, 1.165) is 10.9 Å². The molecule has 0 aliphatic rings. The maximum atomic E-state index is 12.2. The van der Waals surface area contributed by atoms with Crippen LogP contribution in [-0.2, 0) is 0 Å². The summed E-state index contributed by atoms with van der Waals surface area (Å²) in [7, 11) is 0. The number of para-hydroxylation sites is 1. The van der Waals surface area contributed by atoms with Crippen LogP contribution in [0.2, 0.25) is 0 Å². The van der Waals surface area contributed by atoms with Crippen LogP contribution in [0.25, 0.3) is 10.9 Å². The molecule has 3 rings (SSSR count). The number of benzene rings is 1. The number of rotatable bonds is 2. The Kier molecular flexibility index (Phi) is 3.01. The summed E-state index contributed by atoms with van der Waals surface area (Å²) in [6, 6.07) is 12.6. The van der Waals surface area contributed by atoms with Gasteiger partial charge in [0.15, 0.2) is 0 Å². The van der Waals surface area contributed by atoms with Crippen molar-refractivity contribution in [1.29, 1.82) is 0 Å². The zero-order chi connectivity index (χ0) is 13.9. The second kappa shape index (κ2) is 4.97. The standard InChI is InChI=1S/C15H12N4O/c16-11-6-8-17-13(9-11)15(20)19-12-5-1-3-10-4-2-7-18-14(10)12/h1-9H,(H2,16,17)(H,19,20). The third-order valence-electron chi connectivity index (χ3n) is 2.90. The predicted molar refractivity (Wildman–Crippen MR) is 78.3 cm³/mol. The molecule has 2 heterocycles. The Bertz CT molecular complexity index is 780. The number of nitrogens with two attached hydrogens (primary N) is 1. The summed E-state index contributed by atoms with van der Waals surface area (Å²) < 4.78 is 0. The van der Waals surface area contributed by atoms with E-state index in [2.05, 4.69) is 15.3 Å². The van der Waals surface area contributed by atoms with Gasteiger partial charge in [0.05, 0.1) is 11.2 Å². The molecule has 98 valence electrons. The Hall–Kier alpha value is -2.95. The predicted octanol–water partition coefficient (Wildman–Crippen LogP) is 2.46. The van der Waals surface area contributed by atoms with Gasteiger partial charge in [-0.05, 0) is 24.3 Å². The fourth-order valence-corrected chi connectivity index (χ4v) is 1.96. The lowest BCUT2D eigenvalue weighted by atomic mass is 10.2. The number of fused-ring (bicyclic) bond motifs is 1. The van der Waals surface area contributed by atoms with Gasteiger partial charge in [-0.2, -0.15) is 0 Å². The van der Waals surface area contributed by atoms with E-state index in [9.17, 15) is 4.79 Å². The maximum absolute atomic E-state index is 12.2. The second-order valence-electron chi connectivity index (χ2n) is 4.31. The Morgan fingerprint density at radius 3 is 2.75 bits per heavy atom. The highest BCUT2D eigenvalue weighted by atomic mass is 16.1. The lowest BCUT2D eigenvalue weighted by molar-refractivity contribution is 0.102. The van der Waals surface area contributed by atoms with Gasteiger partial charge in [0, 0.05) is 23.5 Å². The number of nitrogen functional groups attached to an aromatic ring is 1. The van der Waals surface area contributed by atoms with Crippen molar-refractivity contribution in [3.63, 3.8) is 0 Å². The van der Waals surface area contributed by atoms with E-state index in [0.29, 0.717) is 11.4 Å². The van der Waals surface area contributed by atoms with Gasteiger partial charge in [-0.15, -0.1) is 0 Å². The summed E-state index contributed by atoms with van der Waals surface area (Å²) >= 11 is 0. The maximum Gasteiger partial charge on any atom is 0.274 e. The lowest BCUT2D eigenvalue weighted by Crippen LogP contribution is -2.14. The first-order valence-electron chi connectivity index (χ1n) is 6.11. The summed E-state index contributed by atoms with van der Waals surface area (Å²) in [6.45, 7) is 0. The Balaban J connectivity index is 1.95. The largest absolute Gasteiger partial charge is 0.399 e. The molecule has 0 bridgehead atoms. The lowest BCUT2D eigenvalue weighted by Gasteiger charge is -2.07. The smallest absolute Gasteiger partial charge is 0.274 e. The highest BCUT2D eigenvalue weighted by Crippen LogP contribution is 2.21. The van der Waals surface area contributed by atoms with E-state index in [1.54, 1.807) is 18.3 Å². The summed E-state index contributed by atoms with van der Waals surface area (Å²) in [4.78, 5) is 20.4. The Morgan fingerprint density at radius 2 is 1.90 bits per heavy atom. The minimum Gasteiger partial charge on any atom is -0.399 e. The molecule has 1 amide bonds. The molecule has 0 saturated carbocycles. The number of nitrogens with one attached hydrogen (secondary N) is 1. The summed E-state index contributed by atoms with van der Waals surface area (Å²) in [5, 5.41) is 3.77. The van der Waals surface area contributed by atoms with Gasteiger partial charge < -0.3 is 11.1 Å². The number of nitrogens with zero attached hydrogens (tertiary/aromatic N) is 2. The van der Waals surface area contributed by atoms with E-state index < -0.39 is 0 Å². The van der Waals surface area contributed by atoms with Crippen molar-refractivity contribution in [1.82, 2.24) is 9.97 Å². The number of hydrogen-bond acceptors (Lipinski definition) is 4. The topological polar surface area (TPSA) is 80.9 Å². The van der Waals surface area contributed by atoms with Crippen molar-refractivity contribution >= 4 is 28.2 Å². The number of hydrogen-bond donors (Lipinski definition) is 2. The van der Waals surface area contributed by atoms with Gasteiger partial charge in [-0.3, -0.25) is 14.8 Å². The van der Waals surface area contributed by atoms with Crippen molar-refractivity contribution in [2.45, 2.75) is 0 Å². The van der Waals surface area contributed by atoms with Crippen molar-refractivity contribution in [2.24, 2.45) is 0 Å². The first-order valence-corrected chi connectivity index (χ1v) is 6.11. The molecule has 3 N–H and O–H groups in total. The molecule has 5 nitrogen and oxygen atoms in total. The fraction of sp³-hybridized carbons (Fsp3) is 0. The van der Waals surface area contributed by atoms with E-state index in [4.69, 9.17) is 5.73 Å².